The van der Waals surface area contributed by atoms with Crippen LogP contribution in [-0.4, -0.2) is 134 Å². The van der Waals surface area contributed by atoms with Crippen molar-refractivity contribution in [3.05, 3.63) is 35.9 Å². The number of Topliss-reactive ketones (excluding diaryl/α,β-unsaturated/α-hetero) is 15. The lowest BCUT2D eigenvalue weighted by Crippen LogP contribution is -2.18. The predicted octanol–water partition coefficient (Wildman–Crippen LogP) is 12.1. The fourth-order valence-corrected chi connectivity index (χ4v) is 5.23. The molecule has 0 saturated heterocycles. The minimum Gasteiger partial charge on any atom is -0.393 e. The summed E-state index contributed by atoms with van der Waals surface area (Å²) in [6.07, 6.45) is 6.94. The van der Waals surface area contributed by atoms with Crippen LogP contribution in [0.4, 0.5) is 0 Å². The quantitative estimate of drug-likeness (QED) is 0.0353. The van der Waals surface area contributed by atoms with Crippen molar-refractivity contribution in [3.63, 3.8) is 0 Å². The summed E-state index contributed by atoms with van der Waals surface area (Å²) in [7, 11) is 1.43. The summed E-state index contributed by atoms with van der Waals surface area (Å²) in [6, 6.07) is 8.84. The van der Waals surface area contributed by atoms with Crippen molar-refractivity contribution < 1.29 is 81.8 Å². The number of ether oxygens (including phenoxy) is 1. The summed E-state index contributed by atoms with van der Waals surface area (Å²) < 4.78 is 4.50. The van der Waals surface area contributed by atoms with Crippen molar-refractivity contribution in [2.75, 3.05) is 30.8 Å². The van der Waals surface area contributed by atoms with E-state index in [0.717, 1.165) is 50.3 Å². The normalized spacial score (nSPS) is 10.0. The van der Waals surface area contributed by atoms with Crippen LogP contribution in [0.25, 0.3) is 0 Å². The van der Waals surface area contributed by atoms with Crippen molar-refractivity contribution in [1.82, 2.24) is 0 Å². The van der Waals surface area contributed by atoms with E-state index in [1.54, 1.807) is 65.8 Å². The van der Waals surface area contributed by atoms with Crippen molar-refractivity contribution in [1.29, 1.82) is 0 Å². The van der Waals surface area contributed by atoms with Gasteiger partial charge >= 0.3 is 0 Å². The number of aliphatic hydroxyl groups is 1. The zero-order valence-corrected chi connectivity index (χ0v) is 56.4. The Kier molecular flexibility index (Phi) is 79.4. The summed E-state index contributed by atoms with van der Waals surface area (Å²) >= 11 is 19.0. The molecule has 0 saturated carbocycles. The number of unbranched alkanes of at least 4 members (excludes halogenated alkanes) is 2. The lowest BCUT2D eigenvalue weighted by atomic mass is 10.0. The molecule has 0 bridgehead atoms. The Balaban J connectivity index is -0.000000104. The first-order valence-electron chi connectivity index (χ1n) is 26.7. The molecule has 21 heteroatoms. The van der Waals surface area contributed by atoms with Crippen molar-refractivity contribution in [2.45, 2.75) is 213 Å². The molecular weight excluding hydrogens is 1190 g/mol. The van der Waals surface area contributed by atoms with Crippen LogP contribution in [0.5, 0.6) is 0 Å². The highest BCUT2D eigenvalue weighted by Gasteiger charge is 2.14. The molecule has 0 aliphatic carbocycles. The fraction of sp³-hybridized carbons (Fsp3) is 0.656. The van der Waals surface area contributed by atoms with E-state index in [4.69, 9.17) is 39.9 Å². The lowest BCUT2D eigenvalue weighted by Gasteiger charge is -1.98. The van der Waals surface area contributed by atoms with Gasteiger partial charge in [-0.05, 0) is 135 Å². The van der Waals surface area contributed by atoms with Crippen molar-refractivity contribution in [3.8, 4) is 0 Å². The maximum atomic E-state index is 11.2. The van der Waals surface area contributed by atoms with Gasteiger partial charge in [0.05, 0.1) is 37.2 Å². The van der Waals surface area contributed by atoms with E-state index in [2.05, 4.69) is 20.7 Å². The molecule has 0 radical (unpaired) electrons. The monoisotopic (exact) mass is 1290 g/mol. The van der Waals surface area contributed by atoms with Gasteiger partial charge in [0.1, 0.15) is 69.8 Å². The minimum absolute atomic E-state index is 0.00398. The third-order valence-corrected chi connectivity index (χ3v) is 10.9. The van der Waals surface area contributed by atoms with Gasteiger partial charge in [-0.2, -0.15) is 0 Å². The molecule has 0 spiro atoms. The molecule has 1 rings (SSSR count). The topological polar surface area (TPSA) is 286 Å². The van der Waals surface area contributed by atoms with E-state index >= 15 is 0 Å². The zero-order valence-electron chi connectivity index (χ0n) is 52.6. The Morgan fingerprint density at radius 3 is 1.09 bits per heavy atom. The van der Waals surface area contributed by atoms with Crippen LogP contribution in [0.15, 0.2) is 30.3 Å². The van der Waals surface area contributed by atoms with Crippen LogP contribution >= 0.6 is 50.7 Å². The first-order chi connectivity index (χ1) is 37.6. The zero-order chi connectivity index (χ0) is 66.7. The highest BCUT2D eigenvalue weighted by molar-refractivity contribution is 9.09. The van der Waals surface area contributed by atoms with E-state index in [0.29, 0.717) is 35.3 Å². The van der Waals surface area contributed by atoms with Gasteiger partial charge < -0.3 is 24.2 Å². The number of rotatable bonds is 28. The predicted molar refractivity (Wildman–Crippen MR) is 332 cm³/mol. The fourth-order valence-electron chi connectivity index (χ4n) is 4.55. The van der Waals surface area contributed by atoms with Gasteiger partial charge in [-0.25, -0.2) is 0 Å². The van der Waals surface area contributed by atoms with Crippen LogP contribution in [0.1, 0.15) is 212 Å². The highest BCUT2D eigenvalue weighted by Crippen LogP contribution is 2.04. The number of ketones is 15. The average molecular weight is 1290 g/mol. The SMILES string of the molecule is CC(=O)C(C)C(C)=O.CC(=O)C(Cl)C(C)=O.CC(=O)CC(=O)CCl.CC(=O)CC(=O)c1ccccc1.CC(=O)CC(C)C.CC(=O)CC(C)O.CC(=O)CCCCBr.CC(=O)CCCCCl.CCC(C)C(C)=O.COCC(=O)CC(C)=O. The molecule has 82 heavy (non-hydrogen) atoms. The Morgan fingerprint density at radius 1 is 0.512 bits per heavy atom. The highest BCUT2D eigenvalue weighted by atomic mass is 79.9. The number of halogens is 4. The summed E-state index contributed by atoms with van der Waals surface area (Å²) in [6.45, 7) is 28.9. The molecule has 0 fully saturated rings. The van der Waals surface area contributed by atoms with Crippen LogP contribution < -0.4 is 0 Å². The number of hydrogen-bond acceptors (Lipinski definition) is 17. The molecule has 1 aromatic carbocycles. The maximum absolute atomic E-state index is 11.2. The van der Waals surface area contributed by atoms with Crippen LogP contribution in [-0.2, 0) is 71.9 Å². The van der Waals surface area contributed by atoms with Gasteiger partial charge in [0.15, 0.2) is 28.9 Å². The first-order valence-corrected chi connectivity index (χ1v) is 29.3. The van der Waals surface area contributed by atoms with Crippen LogP contribution in [0.2, 0.25) is 0 Å². The summed E-state index contributed by atoms with van der Waals surface area (Å²) in [5, 5.41) is 8.58. The number of hydrogen-bond donors (Lipinski definition) is 1. The molecule has 2 atom stereocenters. The Bertz CT molecular complexity index is 1900. The number of aliphatic hydroxyl groups excluding tert-OH is 1. The van der Waals surface area contributed by atoms with E-state index in [1.165, 1.54) is 62.5 Å². The molecule has 0 aliphatic heterocycles. The van der Waals surface area contributed by atoms with Gasteiger partial charge in [-0.1, -0.05) is 74.0 Å². The largest absolute Gasteiger partial charge is 0.393 e. The molecular formula is C61H100BrCl3O17. The summed E-state index contributed by atoms with van der Waals surface area (Å²) in [4.78, 5) is 155. The van der Waals surface area contributed by atoms with Crippen molar-refractivity contribution >= 4 is 137 Å². The molecule has 0 heterocycles. The molecule has 0 aliphatic rings. The molecule has 1 N–H and O–H groups in total. The van der Waals surface area contributed by atoms with E-state index in [-0.39, 0.29) is 119 Å². The van der Waals surface area contributed by atoms with Crippen LogP contribution in [0, 0.1) is 17.8 Å². The van der Waals surface area contributed by atoms with E-state index in [9.17, 15) is 71.9 Å². The lowest BCUT2D eigenvalue weighted by molar-refractivity contribution is -0.130. The molecule has 474 valence electrons. The van der Waals surface area contributed by atoms with Gasteiger partial charge in [0, 0.05) is 55.5 Å². The second kappa shape index (κ2) is 67.3. The third-order valence-electron chi connectivity index (χ3n) is 9.20. The molecule has 17 nitrogen and oxygen atoms in total. The average Bonchev–Trinajstić information content (AvgIpc) is 3.33. The standard InChI is InChI=1S/C10H10O2.C6H11BrO.C6H11ClO.C6H10O3.C6H10O2.2C6H12O.2C5H7ClO2.C5H10O2/c1-8(11)7-10(12)9-5-3-2-4-6-9;2*1-6(8)4-2-3-5-7;1-5(7)3-6(8)4-9-2;1-4(5(2)7)6(3)8;1-5(2)4-6(3)7;1-4-5(2)6(3)7;1-4(7)2-5(8)3-6;1-3(7)5(6)4(2)8;1-4(6)3-5(2)7/h2-6H,7H2,1H3;2*2-5H2,1H3;3-4H2,1-2H3;4H,1-3H3;2*5H,4H2,1-3H3;2-3H2,1H3;5H,1-2H3;4,6H,3H2,1-2H3. The second-order valence-corrected chi connectivity index (χ2v) is 21.1. The Labute approximate surface area is 514 Å². The number of carbonyl (C=O) groups excluding carboxylic acids is 15. The summed E-state index contributed by atoms with van der Waals surface area (Å²) in [5.74, 6) is 0.658. The Hall–Kier alpha value is -4.46. The maximum Gasteiger partial charge on any atom is 0.170 e. The minimum atomic E-state index is -0.935. The second-order valence-electron chi connectivity index (χ2n) is 19.3. The number of methoxy groups -OCH3 is 1. The van der Waals surface area contributed by atoms with Crippen molar-refractivity contribution in [2.24, 2.45) is 17.8 Å². The van der Waals surface area contributed by atoms with Gasteiger partial charge in [0.2, 0.25) is 0 Å². The van der Waals surface area contributed by atoms with Gasteiger partial charge in [-0.15, -0.1) is 34.8 Å². The Morgan fingerprint density at radius 2 is 0.902 bits per heavy atom. The number of benzene rings is 1. The van der Waals surface area contributed by atoms with Gasteiger partial charge in [0.25, 0.3) is 0 Å². The molecule has 0 aromatic heterocycles. The number of alkyl halides is 4. The van der Waals surface area contributed by atoms with Crippen LogP contribution in [0.3, 0.4) is 0 Å². The molecule has 2 unspecified atom stereocenters. The number of carbonyl (C=O) groups is 15. The molecule has 0 amide bonds. The van der Waals surface area contributed by atoms with E-state index in [1.807, 2.05) is 33.8 Å². The van der Waals surface area contributed by atoms with E-state index < -0.39 is 17.4 Å². The van der Waals surface area contributed by atoms with Gasteiger partial charge in [-0.3, -0.25) is 57.5 Å². The molecule has 1 aromatic rings. The summed E-state index contributed by atoms with van der Waals surface area (Å²) in [5.41, 5.74) is 0.604. The smallest absolute Gasteiger partial charge is 0.170 e. The third kappa shape index (κ3) is 101. The first kappa shape index (κ1) is 96.7.